The Balaban J connectivity index is 3.15. The second kappa shape index (κ2) is 3.52. The summed E-state index contributed by atoms with van der Waals surface area (Å²) in [6, 6.07) is 0. The molecule has 80 valence electrons. The molecule has 1 rings (SSSR count). The zero-order valence-corrected chi connectivity index (χ0v) is 6.97. The van der Waals surface area contributed by atoms with E-state index in [9.17, 15) is 20.2 Å². The predicted octanol–water partition coefficient (Wildman–Crippen LogP) is -1.88. The minimum atomic E-state index is -1.09. The zero-order chi connectivity index (χ0) is 11.6. The van der Waals surface area contributed by atoms with Crippen LogP contribution in [0.25, 0.3) is 0 Å². The van der Waals surface area contributed by atoms with Gasteiger partial charge in [-0.1, -0.05) is 4.68 Å². The van der Waals surface area contributed by atoms with Crippen molar-refractivity contribution in [1.82, 2.24) is 14.8 Å². The largest absolute Gasteiger partial charge is 0.493 e. The van der Waals surface area contributed by atoms with Gasteiger partial charge in [-0.05, 0) is 9.91 Å². The highest BCUT2D eigenvalue weighted by molar-refractivity contribution is 5.81. The van der Waals surface area contributed by atoms with Crippen LogP contribution in [0.15, 0.2) is 5.10 Å². The summed E-state index contributed by atoms with van der Waals surface area (Å²) in [6.07, 6.45) is 0. The van der Waals surface area contributed by atoms with Crippen LogP contribution < -0.4 is 11.5 Å². The number of nitrogen functional groups attached to an aromatic ring is 1. The van der Waals surface area contributed by atoms with Crippen LogP contribution in [0.2, 0.25) is 0 Å². The van der Waals surface area contributed by atoms with Gasteiger partial charge in [0.05, 0.1) is 0 Å². The smallest absolute Gasteiger partial charge is 0.390 e. The molecule has 0 unspecified atom stereocenters. The number of hydrogen-bond donors (Lipinski definition) is 2. The highest BCUT2D eigenvalue weighted by Crippen LogP contribution is 2.06. The van der Waals surface area contributed by atoms with Crippen LogP contribution in [0.5, 0.6) is 0 Å². The highest BCUT2D eigenvalue weighted by Gasteiger charge is 2.22. The Morgan fingerprint density at radius 2 is 2.07 bits per heavy atom. The first kappa shape index (κ1) is 10.3. The Morgan fingerprint density at radius 3 is 2.47 bits per heavy atom. The first-order valence-corrected chi connectivity index (χ1v) is 3.27. The van der Waals surface area contributed by atoms with E-state index >= 15 is 0 Å². The van der Waals surface area contributed by atoms with Gasteiger partial charge >= 0.3 is 17.9 Å². The maximum absolute atomic E-state index is 10.2. The monoisotopic (exact) mass is 216 g/mol. The molecule has 0 bridgehead atoms. The fraction of sp³-hybridized carbons (Fsp3) is 0. The van der Waals surface area contributed by atoms with Gasteiger partial charge in [-0.25, -0.2) is 10.1 Å². The lowest BCUT2D eigenvalue weighted by Gasteiger charge is -1.89. The molecule has 12 heteroatoms. The maximum atomic E-state index is 10.2. The van der Waals surface area contributed by atoms with E-state index in [1.807, 2.05) is 0 Å². The van der Waals surface area contributed by atoms with Crippen LogP contribution in [-0.4, -0.2) is 30.7 Å². The molecular formula is C3H4N8O4. The van der Waals surface area contributed by atoms with Crippen molar-refractivity contribution in [2.24, 2.45) is 10.8 Å². The number of anilines is 1. The number of aromatic nitrogens is 3. The number of rotatable bonds is 2. The van der Waals surface area contributed by atoms with E-state index in [1.54, 1.807) is 0 Å². The number of hydrogen-bond acceptors (Lipinski definition) is 7. The molecule has 0 saturated carbocycles. The molecule has 0 aliphatic heterocycles. The SMILES string of the molecule is N/C(=N\[N+](=O)[O-])n1nc([N+](=O)[O-])nc1N. The number of hydrazone groups is 1. The third-order valence-electron chi connectivity index (χ3n) is 1.19. The van der Waals surface area contributed by atoms with Gasteiger partial charge in [-0.3, -0.25) is 0 Å². The molecule has 0 fully saturated rings. The molecule has 0 spiro atoms. The maximum Gasteiger partial charge on any atom is 0.493 e. The lowest BCUT2D eigenvalue weighted by atomic mass is 10.9. The molecule has 15 heavy (non-hydrogen) atoms. The highest BCUT2D eigenvalue weighted by atomic mass is 16.7. The standard InChI is InChI=1S/C3H4N8O4/c4-1-6-3(10(12)13)8-9(1)2(5)7-11(14)15/h(H2,5,7)(H2,4,6,8). The van der Waals surface area contributed by atoms with Crippen molar-refractivity contribution in [3.8, 4) is 0 Å². The minimum absolute atomic E-state index is 0.468. The third-order valence-corrected chi connectivity index (χ3v) is 1.19. The topological polar surface area (TPSA) is 181 Å². The quantitative estimate of drug-likeness (QED) is 0.249. The van der Waals surface area contributed by atoms with Crippen molar-refractivity contribution in [3.05, 3.63) is 20.2 Å². The third kappa shape index (κ3) is 2.11. The Hall–Kier alpha value is -2.79. The van der Waals surface area contributed by atoms with E-state index in [0.717, 1.165) is 0 Å². The van der Waals surface area contributed by atoms with Gasteiger partial charge < -0.3 is 21.6 Å². The van der Waals surface area contributed by atoms with Gasteiger partial charge in [0.1, 0.15) is 5.10 Å². The van der Waals surface area contributed by atoms with E-state index in [2.05, 4.69) is 15.2 Å². The molecule has 1 aromatic rings. The lowest BCUT2D eigenvalue weighted by molar-refractivity contribution is -0.485. The molecule has 1 heterocycles. The summed E-state index contributed by atoms with van der Waals surface area (Å²) in [7, 11) is 0. The van der Waals surface area contributed by atoms with Crippen molar-refractivity contribution in [1.29, 1.82) is 0 Å². The van der Waals surface area contributed by atoms with Gasteiger partial charge in [0.25, 0.3) is 0 Å². The summed E-state index contributed by atoms with van der Waals surface area (Å²) in [5.41, 5.74) is 10.2. The average molecular weight is 216 g/mol. The summed E-state index contributed by atoms with van der Waals surface area (Å²) < 4.78 is 0.487. The molecule has 0 amide bonds. The molecule has 4 N–H and O–H groups in total. The summed E-state index contributed by atoms with van der Waals surface area (Å²) in [5.74, 6) is -2.02. The normalized spacial score (nSPS) is 11.3. The average Bonchev–Trinajstić information content (AvgIpc) is 2.46. The van der Waals surface area contributed by atoms with Crippen LogP contribution in [0, 0.1) is 20.2 Å². The van der Waals surface area contributed by atoms with Crippen LogP contribution in [0.3, 0.4) is 0 Å². The molecular weight excluding hydrogens is 212 g/mol. The molecule has 0 radical (unpaired) electrons. The van der Waals surface area contributed by atoms with Gasteiger partial charge in [0.15, 0.2) is 5.03 Å². The first-order chi connectivity index (χ1) is 6.91. The second-order valence-electron chi connectivity index (χ2n) is 2.13. The second-order valence-corrected chi connectivity index (χ2v) is 2.13. The number of nitro groups is 2. The molecule has 12 nitrogen and oxygen atoms in total. The summed E-state index contributed by atoms with van der Waals surface area (Å²) in [5, 5.41) is 24.9. The van der Waals surface area contributed by atoms with Crippen molar-refractivity contribution in [2.75, 3.05) is 5.73 Å². The molecule has 0 saturated heterocycles. The van der Waals surface area contributed by atoms with E-state index in [1.165, 1.54) is 0 Å². The molecule has 0 atom stereocenters. The van der Waals surface area contributed by atoms with Crippen molar-refractivity contribution >= 4 is 17.9 Å². The minimum Gasteiger partial charge on any atom is -0.390 e. The van der Waals surface area contributed by atoms with Gasteiger partial charge in [0.2, 0.25) is 0 Å². The molecule has 0 aliphatic rings. The van der Waals surface area contributed by atoms with Crippen molar-refractivity contribution in [3.63, 3.8) is 0 Å². The van der Waals surface area contributed by atoms with Crippen molar-refractivity contribution < 1.29 is 9.96 Å². The van der Waals surface area contributed by atoms with Gasteiger partial charge in [-0.15, -0.1) is 0 Å². The fourth-order valence-electron chi connectivity index (χ4n) is 0.685. The molecule has 0 aliphatic carbocycles. The fourth-order valence-corrected chi connectivity index (χ4v) is 0.685. The summed E-state index contributed by atoms with van der Waals surface area (Å²) in [4.78, 5) is 22.4. The lowest BCUT2D eigenvalue weighted by Crippen LogP contribution is -2.26. The Bertz CT molecular complexity index is 447. The number of nitrogens with zero attached hydrogens (tertiary/aromatic N) is 6. The predicted molar refractivity (Wildman–Crippen MR) is 45.1 cm³/mol. The first-order valence-electron chi connectivity index (χ1n) is 3.27. The van der Waals surface area contributed by atoms with E-state index in [0.29, 0.717) is 4.68 Å². The Labute approximate surface area is 80.5 Å². The van der Waals surface area contributed by atoms with Crippen LogP contribution in [0.1, 0.15) is 0 Å². The zero-order valence-electron chi connectivity index (χ0n) is 6.97. The summed E-state index contributed by atoms with van der Waals surface area (Å²) >= 11 is 0. The van der Waals surface area contributed by atoms with E-state index < -0.39 is 27.8 Å². The Kier molecular flexibility index (Phi) is 2.42. The van der Waals surface area contributed by atoms with E-state index in [-0.39, 0.29) is 0 Å². The van der Waals surface area contributed by atoms with Crippen LogP contribution >= 0.6 is 0 Å². The van der Waals surface area contributed by atoms with Crippen LogP contribution in [-0.2, 0) is 0 Å². The molecule has 1 aromatic heterocycles. The van der Waals surface area contributed by atoms with E-state index in [4.69, 9.17) is 11.5 Å². The number of nitrogens with two attached hydrogens (primary N) is 2. The van der Waals surface area contributed by atoms with Gasteiger partial charge in [0, 0.05) is 5.10 Å². The Morgan fingerprint density at radius 1 is 1.47 bits per heavy atom. The molecule has 0 aromatic carbocycles. The summed E-state index contributed by atoms with van der Waals surface area (Å²) in [6.45, 7) is 0. The van der Waals surface area contributed by atoms with Crippen LogP contribution in [0.4, 0.5) is 11.9 Å². The van der Waals surface area contributed by atoms with Crippen molar-refractivity contribution in [2.45, 2.75) is 0 Å². The van der Waals surface area contributed by atoms with Gasteiger partial charge in [-0.2, -0.15) is 0 Å².